The van der Waals surface area contributed by atoms with Crippen molar-refractivity contribution in [3.05, 3.63) is 0 Å². The second-order valence-electron chi connectivity index (χ2n) is 6.95. The van der Waals surface area contributed by atoms with Gasteiger partial charge < -0.3 is 15.0 Å². The minimum Gasteiger partial charge on any atom is -0.381 e. The molecule has 4 fully saturated rings. The highest BCUT2D eigenvalue weighted by molar-refractivity contribution is 5.75. The summed E-state index contributed by atoms with van der Waals surface area (Å²) in [6, 6.07) is 1.36. The van der Waals surface area contributed by atoms with Gasteiger partial charge in [-0.1, -0.05) is 0 Å². The molecule has 5 heteroatoms. The molecule has 3 heterocycles. The van der Waals surface area contributed by atoms with Crippen LogP contribution in [0.3, 0.4) is 0 Å². The highest BCUT2D eigenvalue weighted by atomic mass is 16.5. The summed E-state index contributed by atoms with van der Waals surface area (Å²) in [5.41, 5.74) is 0. The lowest BCUT2D eigenvalue weighted by Gasteiger charge is -2.27. The number of rotatable bonds is 2. The second-order valence-corrected chi connectivity index (χ2v) is 6.95. The van der Waals surface area contributed by atoms with E-state index in [9.17, 15) is 4.79 Å². The van der Waals surface area contributed by atoms with Crippen LogP contribution in [0.25, 0.3) is 0 Å². The Hall–Kier alpha value is -0.810. The standard InChI is InChI=1S/C15H25N3O2/c19-15(16-13-3-5-20-6-4-13)18-9-11-7-17(14-1-2-14)8-12(11)10-18/h11-14H,1-10H2,(H,16,19). The number of carbonyl (C=O) groups excluding carboxylic acids is 1. The first-order valence-corrected chi connectivity index (χ1v) is 8.17. The van der Waals surface area contributed by atoms with Crippen LogP contribution in [0.15, 0.2) is 0 Å². The Balaban J connectivity index is 1.27. The van der Waals surface area contributed by atoms with Gasteiger partial charge in [0.2, 0.25) is 0 Å². The number of nitrogens with one attached hydrogen (secondary N) is 1. The van der Waals surface area contributed by atoms with Crippen molar-refractivity contribution in [2.24, 2.45) is 11.8 Å². The zero-order chi connectivity index (χ0) is 13.5. The van der Waals surface area contributed by atoms with Gasteiger partial charge in [-0.2, -0.15) is 0 Å². The third-order valence-electron chi connectivity index (χ3n) is 5.41. The molecule has 3 saturated heterocycles. The molecule has 2 amide bonds. The summed E-state index contributed by atoms with van der Waals surface area (Å²) in [6.07, 6.45) is 4.71. The number of hydrogen-bond donors (Lipinski definition) is 1. The van der Waals surface area contributed by atoms with E-state index < -0.39 is 0 Å². The fourth-order valence-corrected chi connectivity index (χ4v) is 4.04. The van der Waals surface area contributed by atoms with Gasteiger partial charge in [-0.05, 0) is 37.5 Å². The first-order chi connectivity index (χ1) is 9.79. The third-order valence-corrected chi connectivity index (χ3v) is 5.41. The lowest BCUT2D eigenvalue weighted by atomic mass is 10.0. The molecule has 1 N–H and O–H groups in total. The molecule has 2 unspecified atom stereocenters. The van der Waals surface area contributed by atoms with E-state index in [1.165, 1.54) is 25.9 Å². The van der Waals surface area contributed by atoms with Crippen LogP contribution in [-0.2, 0) is 4.74 Å². The van der Waals surface area contributed by atoms with Crippen molar-refractivity contribution in [1.82, 2.24) is 15.1 Å². The number of carbonyl (C=O) groups is 1. The molecule has 20 heavy (non-hydrogen) atoms. The average Bonchev–Trinajstić information content (AvgIpc) is 3.10. The zero-order valence-electron chi connectivity index (χ0n) is 12.1. The van der Waals surface area contributed by atoms with Crippen LogP contribution < -0.4 is 5.32 Å². The Morgan fingerprint density at radius 3 is 2.20 bits per heavy atom. The number of amides is 2. The van der Waals surface area contributed by atoms with Gasteiger partial charge in [0.1, 0.15) is 0 Å². The topological polar surface area (TPSA) is 44.8 Å². The number of hydrogen-bond acceptors (Lipinski definition) is 3. The fourth-order valence-electron chi connectivity index (χ4n) is 4.04. The molecular weight excluding hydrogens is 254 g/mol. The normalized spacial score (nSPS) is 35.3. The van der Waals surface area contributed by atoms with Crippen molar-refractivity contribution in [3.8, 4) is 0 Å². The zero-order valence-corrected chi connectivity index (χ0v) is 12.1. The summed E-state index contributed by atoms with van der Waals surface area (Å²) in [7, 11) is 0. The van der Waals surface area contributed by atoms with Crippen LogP contribution >= 0.6 is 0 Å². The number of likely N-dealkylation sites (tertiary alicyclic amines) is 2. The molecule has 2 atom stereocenters. The predicted octanol–water partition coefficient (Wildman–Crippen LogP) is 0.901. The molecule has 0 aromatic rings. The lowest BCUT2D eigenvalue weighted by Crippen LogP contribution is -2.46. The fraction of sp³-hybridized carbons (Fsp3) is 0.933. The van der Waals surface area contributed by atoms with Crippen molar-refractivity contribution in [3.63, 3.8) is 0 Å². The highest BCUT2D eigenvalue weighted by Gasteiger charge is 2.45. The molecule has 3 aliphatic heterocycles. The Morgan fingerprint density at radius 1 is 0.950 bits per heavy atom. The van der Waals surface area contributed by atoms with Crippen LogP contribution in [0.4, 0.5) is 4.79 Å². The summed E-state index contributed by atoms with van der Waals surface area (Å²) in [5, 5.41) is 3.19. The summed E-state index contributed by atoms with van der Waals surface area (Å²) < 4.78 is 5.34. The molecule has 0 radical (unpaired) electrons. The van der Waals surface area contributed by atoms with Gasteiger partial charge in [-0.3, -0.25) is 4.90 Å². The second kappa shape index (κ2) is 5.19. The molecule has 5 nitrogen and oxygen atoms in total. The quantitative estimate of drug-likeness (QED) is 0.817. The molecule has 4 aliphatic rings. The maximum atomic E-state index is 12.3. The van der Waals surface area contributed by atoms with Crippen molar-refractivity contribution < 1.29 is 9.53 Å². The predicted molar refractivity (Wildman–Crippen MR) is 75.5 cm³/mol. The average molecular weight is 279 g/mol. The summed E-state index contributed by atoms with van der Waals surface area (Å²) in [6.45, 7) is 5.93. The highest BCUT2D eigenvalue weighted by Crippen LogP contribution is 2.37. The van der Waals surface area contributed by atoms with Gasteiger partial charge in [-0.25, -0.2) is 4.79 Å². The lowest BCUT2D eigenvalue weighted by molar-refractivity contribution is 0.0783. The van der Waals surface area contributed by atoms with E-state index in [0.29, 0.717) is 6.04 Å². The van der Waals surface area contributed by atoms with Crippen LogP contribution in [-0.4, -0.2) is 67.3 Å². The van der Waals surface area contributed by atoms with E-state index in [1.54, 1.807) is 0 Å². The van der Waals surface area contributed by atoms with Crippen LogP contribution in [0.1, 0.15) is 25.7 Å². The van der Waals surface area contributed by atoms with Gasteiger partial charge in [0, 0.05) is 51.5 Å². The Bertz CT molecular complexity index is 365. The maximum absolute atomic E-state index is 12.3. The minimum absolute atomic E-state index is 0.157. The number of nitrogens with zero attached hydrogens (tertiary/aromatic N) is 2. The molecule has 1 aliphatic carbocycles. The first-order valence-electron chi connectivity index (χ1n) is 8.17. The molecule has 112 valence electrons. The molecule has 0 aromatic heterocycles. The van der Waals surface area contributed by atoms with Crippen molar-refractivity contribution in [2.75, 3.05) is 39.4 Å². The monoisotopic (exact) mass is 279 g/mol. The Labute approximate surface area is 120 Å². The minimum atomic E-state index is 0.157. The van der Waals surface area contributed by atoms with E-state index in [4.69, 9.17) is 4.74 Å². The van der Waals surface area contributed by atoms with Crippen LogP contribution in [0.5, 0.6) is 0 Å². The number of ether oxygens (including phenoxy) is 1. The van der Waals surface area contributed by atoms with Crippen molar-refractivity contribution in [1.29, 1.82) is 0 Å². The van der Waals surface area contributed by atoms with Crippen molar-refractivity contribution in [2.45, 2.75) is 37.8 Å². The van der Waals surface area contributed by atoms with Crippen LogP contribution in [0, 0.1) is 11.8 Å². The SMILES string of the molecule is O=C(NC1CCOCC1)N1CC2CN(C3CC3)CC2C1. The van der Waals surface area contributed by atoms with E-state index in [0.717, 1.165) is 57.0 Å². The van der Waals surface area contributed by atoms with Gasteiger partial charge >= 0.3 is 6.03 Å². The van der Waals surface area contributed by atoms with E-state index in [2.05, 4.69) is 15.1 Å². The number of fused-ring (bicyclic) bond motifs is 1. The summed E-state index contributed by atoms with van der Waals surface area (Å²) in [4.78, 5) is 17.0. The van der Waals surface area contributed by atoms with Gasteiger partial charge in [0.25, 0.3) is 0 Å². The molecule has 1 saturated carbocycles. The first kappa shape index (κ1) is 12.9. The number of urea groups is 1. The Morgan fingerprint density at radius 2 is 1.60 bits per heavy atom. The molecular formula is C15H25N3O2. The smallest absolute Gasteiger partial charge is 0.317 e. The van der Waals surface area contributed by atoms with E-state index in [-0.39, 0.29) is 6.03 Å². The van der Waals surface area contributed by atoms with E-state index in [1.807, 2.05) is 0 Å². The third kappa shape index (κ3) is 2.53. The van der Waals surface area contributed by atoms with E-state index >= 15 is 0 Å². The largest absolute Gasteiger partial charge is 0.381 e. The van der Waals surface area contributed by atoms with Crippen LogP contribution in [0.2, 0.25) is 0 Å². The molecule has 0 aromatic carbocycles. The van der Waals surface area contributed by atoms with Gasteiger partial charge in [0.05, 0.1) is 0 Å². The Kier molecular flexibility index (Phi) is 3.34. The molecule has 4 rings (SSSR count). The summed E-state index contributed by atoms with van der Waals surface area (Å²) in [5.74, 6) is 1.44. The molecule has 0 spiro atoms. The van der Waals surface area contributed by atoms with Crippen molar-refractivity contribution >= 4 is 6.03 Å². The van der Waals surface area contributed by atoms with Gasteiger partial charge in [0.15, 0.2) is 0 Å². The summed E-state index contributed by atoms with van der Waals surface area (Å²) >= 11 is 0. The maximum Gasteiger partial charge on any atom is 0.317 e. The van der Waals surface area contributed by atoms with Gasteiger partial charge in [-0.15, -0.1) is 0 Å². The molecule has 0 bridgehead atoms.